The monoisotopic (exact) mass is 333 g/mol. The van der Waals surface area contributed by atoms with E-state index in [0.29, 0.717) is 12.0 Å². The Morgan fingerprint density at radius 2 is 1.52 bits per heavy atom. The third-order valence-electron chi connectivity index (χ3n) is 5.51. The molecule has 25 heavy (non-hydrogen) atoms. The molecule has 0 saturated carbocycles. The van der Waals surface area contributed by atoms with Crippen LogP contribution in [0.5, 0.6) is 0 Å². The van der Waals surface area contributed by atoms with Crippen molar-refractivity contribution in [2.75, 3.05) is 0 Å². The highest BCUT2D eigenvalue weighted by Crippen LogP contribution is 2.40. The molecule has 0 saturated heterocycles. The Kier molecular flexibility index (Phi) is 5.08. The van der Waals surface area contributed by atoms with Gasteiger partial charge in [0.05, 0.1) is 12.0 Å². The Bertz CT molecular complexity index is 789. The average molecular weight is 333 g/mol. The van der Waals surface area contributed by atoms with Crippen LogP contribution in [0.3, 0.4) is 0 Å². The fourth-order valence-electron chi connectivity index (χ4n) is 3.80. The molecule has 2 heteroatoms. The summed E-state index contributed by atoms with van der Waals surface area (Å²) in [5.41, 5.74) is 2.77. The Labute approximate surface area is 151 Å². The van der Waals surface area contributed by atoms with Crippen molar-refractivity contribution >= 4 is 0 Å². The Balaban J connectivity index is 2.06. The van der Waals surface area contributed by atoms with E-state index in [1.165, 1.54) is 17.0 Å². The van der Waals surface area contributed by atoms with Gasteiger partial charge in [0.1, 0.15) is 12.4 Å². The molecular weight excluding hydrogens is 304 g/mol. The first-order valence-electron chi connectivity index (χ1n) is 9.20. The number of rotatable bonds is 6. The first kappa shape index (κ1) is 17.5. The molecule has 2 unspecified atom stereocenters. The molecule has 0 aliphatic heterocycles. The summed E-state index contributed by atoms with van der Waals surface area (Å²) < 4.78 is 2.36. The summed E-state index contributed by atoms with van der Waals surface area (Å²) in [6.07, 6.45) is 5.22. The van der Waals surface area contributed by atoms with Gasteiger partial charge in [0.2, 0.25) is 0 Å². The number of H-pyrrole nitrogens is 1. The molecule has 130 valence electrons. The van der Waals surface area contributed by atoms with Crippen LogP contribution in [0.1, 0.15) is 56.6 Å². The summed E-state index contributed by atoms with van der Waals surface area (Å²) in [4.78, 5) is 3.51. The van der Waals surface area contributed by atoms with Crippen molar-refractivity contribution < 1.29 is 4.57 Å². The van der Waals surface area contributed by atoms with E-state index >= 15 is 0 Å². The minimum absolute atomic E-state index is 0.00407. The standard InChI is InChI=1S/C23H28N2/c1-18(2)25-16-15-24-22(25)19(3)23(4,21-13-9-6-10-14-21)17-20-11-7-5-8-12-20/h5-16,18-19H,17H2,1-4H3/p+1. The Morgan fingerprint density at radius 3 is 2.12 bits per heavy atom. The summed E-state index contributed by atoms with van der Waals surface area (Å²) >= 11 is 0. The molecule has 0 radical (unpaired) electrons. The van der Waals surface area contributed by atoms with E-state index in [0.717, 1.165) is 6.42 Å². The number of hydrogen-bond donors (Lipinski definition) is 1. The Morgan fingerprint density at radius 1 is 0.920 bits per heavy atom. The average Bonchev–Trinajstić information content (AvgIpc) is 3.12. The number of nitrogens with one attached hydrogen (secondary N) is 1. The zero-order valence-corrected chi connectivity index (χ0v) is 15.7. The summed E-state index contributed by atoms with van der Waals surface area (Å²) in [5.74, 6) is 1.64. The maximum absolute atomic E-state index is 3.51. The van der Waals surface area contributed by atoms with Crippen molar-refractivity contribution in [2.24, 2.45) is 0 Å². The maximum Gasteiger partial charge on any atom is 0.258 e. The second-order valence-electron chi connectivity index (χ2n) is 7.51. The van der Waals surface area contributed by atoms with Crippen LogP contribution in [0.4, 0.5) is 0 Å². The second kappa shape index (κ2) is 7.26. The zero-order chi connectivity index (χ0) is 17.9. The van der Waals surface area contributed by atoms with E-state index in [-0.39, 0.29) is 5.41 Å². The minimum Gasteiger partial charge on any atom is -0.247 e. The van der Waals surface area contributed by atoms with Crippen LogP contribution in [0.15, 0.2) is 73.1 Å². The molecule has 2 atom stereocenters. The van der Waals surface area contributed by atoms with Gasteiger partial charge in [-0.2, -0.15) is 0 Å². The van der Waals surface area contributed by atoms with E-state index in [1.807, 2.05) is 0 Å². The largest absolute Gasteiger partial charge is 0.258 e. The van der Waals surface area contributed by atoms with Gasteiger partial charge in [-0.15, -0.1) is 0 Å². The third-order valence-corrected chi connectivity index (χ3v) is 5.51. The van der Waals surface area contributed by atoms with Crippen molar-refractivity contribution in [2.45, 2.75) is 51.5 Å². The smallest absolute Gasteiger partial charge is 0.247 e. The minimum atomic E-state index is 0.00407. The van der Waals surface area contributed by atoms with Crippen LogP contribution in [-0.2, 0) is 11.8 Å². The van der Waals surface area contributed by atoms with Crippen molar-refractivity contribution in [3.05, 3.63) is 90.0 Å². The predicted molar refractivity (Wildman–Crippen MR) is 104 cm³/mol. The van der Waals surface area contributed by atoms with Crippen molar-refractivity contribution in [1.29, 1.82) is 0 Å². The quantitative estimate of drug-likeness (QED) is 0.599. The molecule has 0 aliphatic carbocycles. The first-order valence-corrected chi connectivity index (χ1v) is 9.20. The Hall–Kier alpha value is -2.35. The molecule has 0 aliphatic rings. The SMILES string of the molecule is CC(C)[n+]1cc[nH]c1C(C)C(C)(Cc1ccccc1)c1ccccc1. The van der Waals surface area contributed by atoms with E-state index in [9.17, 15) is 0 Å². The molecule has 2 nitrogen and oxygen atoms in total. The van der Waals surface area contributed by atoms with Crippen LogP contribution in [-0.4, -0.2) is 4.98 Å². The van der Waals surface area contributed by atoms with Crippen LogP contribution < -0.4 is 4.57 Å². The summed E-state index contributed by atoms with van der Waals surface area (Å²) in [6.45, 7) is 9.22. The first-order chi connectivity index (χ1) is 12.0. The van der Waals surface area contributed by atoms with E-state index in [1.54, 1.807) is 0 Å². The molecule has 1 N–H and O–H groups in total. The van der Waals surface area contributed by atoms with Gasteiger partial charge < -0.3 is 0 Å². The molecule has 0 fully saturated rings. The maximum atomic E-state index is 3.51. The lowest BCUT2D eigenvalue weighted by Gasteiger charge is -2.35. The molecule has 3 aromatic rings. The van der Waals surface area contributed by atoms with Gasteiger partial charge in [-0.1, -0.05) is 74.5 Å². The fourth-order valence-corrected chi connectivity index (χ4v) is 3.80. The van der Waals surface area contributed by atoms with Gasteiger partial charge in [-0.05, 0) is 31.4 Å². The van der Waals surface area contributed by atoms with Gasteiger partial charge in [-0.3, -0.25) is 0 Å². The lowest BCUT2D eigenvalue weighted by atomic mass is 9.68. The van der Waals surface area contributed by atoms with Gasteiger partial charge in [-0.25, -0.2) is 9.55 Å². The van der Waals surface area contributed by atoms with Crippen molar-refractivity contribution in [3.63, 3.8) is 0 Å². The molecule has 1 heterocycles. The number of aromatic nitrogens is 2. The number of imidazole rings is 1. The summed E-state index contributed by atoms with van der Waals surface area (Å²) in [7, 11) is 0. The van der Waals surface area contributed by atoms with E-state index < -0.39 is 0 Å². The van der Waals surface area contributed by atoms with Crippen LogP contribution in [0.2, 0.25) is 0 Å². The highest BCUT2D eigenvalue weighted by molar-refractivity contribution is 5.32. The number of hydrogen-bond acceptors (Lipinski definition) is 0. The summed E-state index contributed by atoms with van der Waals surface area (Å²) in [5, 5.41) is 0. The van der Waals surface area contributed by atoms with Gasteiger partial charge in [0, 0.05) is 5.41 Å². The molecule has 3 rings (SSSR count). The van der Waals surface area contributed by atoms with Gasteiger partial charge in [0.15, 0.2) is 0 Å². The second-order valence-corrected chi connectivity index (χ2v) is 7.51. The van der Waals surface area contributed by atoms with E-state index in [2.05, 4.69) is 110 Å². The summed E-state index contributed by atoms with van der Waals surface area (Å²) in [6, 6.07) is 22.2. The van der Waals surface area contributed by atoms with Crippen molar-refractivity contribution in [3.8, 4) is 0 Å². The molecule has 0 spiro atoms. The van der Waals surface area contributed by atoms with Gasteiger partial charge >= 0.3 is 0 Å². The lowest BCUT2D eigenvalue weighted by Crippen LogP contribution is -2.44. The fraction of sp³-hybridized carbons (Fsp3) is 0.348. The highest BCUT2D eigenvalue weighted by atomic mass is 15.1. The van der Waals surface area contributed by atoms with Crippen LogP contribution in [0, 0.1) is 0 Å². The molecule has 2 aromatic carbocycles. The van der Waals surface area contributed by atoms with Gasteiger partial charge in [0.25, 0.3) is 5.82 Å². The number of benzene rings is 2. The van der Waals surface area contributed by atoms with E-state index in [4.69, 9.17) is 0 Å². The molecule has 0 bridgehead atoms. The normalized spacial score (nSPS) is 15.1. The third kappa shape index (κ3) is 3.53. The topological polar surface area (TPSA) is 19.7 Å². The molecular formula is C23H29N2+. The number of aromatic amines is 1. The van der Waals surface area contributed by atoms with Crippen LogP contribution in [0.25, 0.3) is 0 Å². The molecule has 1 aromatic heterocycles. The van der Waals surface area contributed by atoms with Crippen LogP contribution >= 0.6 is 0 Å². The highest BCUT2D eigenvalue weighted by Gasteiger charge is 2.39. The molecule has 0 amide bonds. The van der Waals surface area contributed by atoms with Crippen molar-refractivity contribution in [1.82, 2.24) is 4.98 Å². The predicted octanol–water partition coefficient (Wildman–Crippen LogP) is 5.19. The number of nitrogens with zero attached hydrogens (tertiary/aromatic N) is 1. The zero-order valence-electron chi connectivity index (χ0n) is 15.7. The lowest BCUT2D eigenvalue weighted by molar-refractivity contribution is -0.723.